The molecule has 0 bridgehead atoms. The number of anilines is 2. The van der Waals surface area contributed by atoms with Crippen LogP contribution in [0.4, 0.5) is 11.8 Å². The monoisotopic (exact) mass is 512 g/mol. The summed E-state index contributed by atoms with van der Waals surface area (Å²) in [5.41, 5.74) is 2.59. The van der Waals surface area contributed by atoms with E-state index in [2.05, 4.69) is 36.9 Å². The third-order valence-electron chi connectivity index (χ3n) is 7.12. The first-order chi connectivity index (χ1) is 17.7. The lowest BCUT2D eigenvalue weighted by Gasteiger charge is -2.34. The first-order valence-electron chi connectivity index (χ1n) is 13.0. The molecule has 2 aliphatic heterocycles. The zero-order chi connectivity index (χ0) is 24.9. The summed E-state index contributed by atoms with van der Waals surface area (Å²) < 4.78 is 7.49. The van der Waals surface area contributed by atoms with Crippen molar-refractivity contribution in [2.24, 2.45) is 5.92 Å². The van der Waals surface area contributed by atoms with Crippen LogP contribution in [-0.2, 0) is 9.53 Å². The van der Waals surface area contributed by atoms with Gasteiger partial charge in [0.2, 0.25) is 11.9 Å². The van der Waals surface area contributed by atoms with Crippen molar-refractivity contribution in [2.75, 3.05) is 75.8 Å². The summed E-state index contributed by atoms with van der Waals surface area (Å²) in [5, 5.41) is 7.68. The van der Waals surface area contributed by atoms with Gasteiger partial charge in [-0.25, -0.2) is 4.98 Å². The van der Waals surface area contributed by atoms with E-state index in [0.717, 1.165) is 94.5 Å². The Balaban J connectivity index is 1.42. The molecule has 1 N–H and O–H groups in total. The van der Waals surface area contributed by atoms with Gasteiger partial charge in [-0.15, -0.1) is 0 Å². The molecule has 2 aliphatic rings. The second kappa shape index (κ2) is 11.5. The molecule has 0 aliphatic carbocycles. The average molecular weight is 513 g/mol. The van der Waals surface area contributed by atoms with Gasteiger partial charge in [0.05, 0.1) is 24.8 Å². The van der Waals surface area contributed by atoms with E-state index < -0.39 is 0 Å². The second-order valence-corrected chi connectivity index (χ2v) is 10.1. The molecule has 0 saturated carbocycles. The summed E-state index contributed by atoms with van der Waals surface area (Å²) in [6, 6.07) is 2.07. The van der Waals surface area contributed by atoms with E-state index in [1.165, 1.54) is 0 Å². The van der Waals surface area contributed by atoms with Crippen LogP contribution in [-0.4, -0.2) is 101 Å². The third kappa shape index (κ3) is 5.33. The third-order valence-corrected chi connectivity index (χ3v) is 7.79. The number of nitrogens with one attached hydrogen (secondary N) is 1. The zero-order valence-electron chi connectivity index (χ0n) is 21.2. The van der Waals surface area contributed by atoms with Gasteiger partial charge in [0.1, 0.15) is 6.33 Å². The molecular weight excluding hydrogens is 476 g/mol. The molecule has 11 heteroatoms. The van der Waals surface area contributed by atoms with Crippen LogP contribution in [0.15, 0.2) is 23.2 Å². The lowest BCUT2D eigenvalue weighted by atomic mass is 9.96. The smallest absolute Gasteiger partial charge is 0.229 e. The Morgan fingerprint density at radius 2 is 2.06 bits per heavy atom. The molecular formula is C25H36N8O2S. The topological polar surface area (TPSA) is 91.7 Å². The van der Waals surface area contributed by atoms with Crippen LogP contribution in [0.2, 0.25) is 0 Å². The van der Waals surface area contributed by atoms with E-state index in [-0.39, 0.29) is 11.8 Å². The van der Waals surface area contributed by atoms with Crippen LogP contribution in [0, 0.1) is 5.92 Å². The summed E-state index contributed by atoms with van der Waals surface area (Å²) in [7, 11) is 0. The van der Waals surface area contributed by atoms with Crippen molar-refractivity contribution in [3.8, 4) is 5.69 Å². The molecule has 10 nitrogen and oxygen atoms in total. The molecule has 0 spiro atoms. The molecule has 5 rings (SSSR count). The number of fused-ring (bicyclic) bond motifs is 1. The molecule has 1 amide bonds. The quantitative estimate of drug-likeness (QED) is 0.468. The Morgan fingerprint density at radius 1 is 1.22 bits per heavy atom. The molecule has 0 radical (unpaired) electrons. The highest BCUT2D eigenvalue weighted by atomic mass is 32.1. The fraction of sp³-hybridized carbons (Fsp3) is 0.600. The Hall–Kier alpha value is -2.76. The number of carbonyl (C=O) groups is 1. The Morgan fingerprint density at radius 3 is 2.81 bits per heavy atom. The van der Waals surface area contributed by atoms with E-state index in [4.69, 9.17) is 14.7 Å². The van der Waals surface area contributed by atoms with Gasteiger partial charge in [-0.1, -0.05) is 0 Å². The summed E-state index contributed by atoms with van der Waals surface area (Å²) in [6.07, 6.45) is 3.68. The first-order valence-corrected chi connectivity index (χ1v) is 14.0. The molecule has 3 aromatic heterocycles. The lowest BCUT2D eigenvalue weighted by molar-refractivity contribution is -0.135. The number of nitrogens with zero attached hydrogens (tertiary/aromatic N) is 7. The minimum absolute atomic E-state index is 0.0301. The van der Waals surface area contributed by atoms with Crippen LogP contribution in [0.5, 0.6) is 0 Å². The highest BCUT2D eigenvalue weighted by molar-refractivity contribution is 7.08. The van der Waals surface area contributed by atoms with Gasteiger partial charge < -0.3 is 19.9 Å². The maximum Gasteiger partial charge on any atom is 0.229 e. The van der Waals surface area contributed by atoms with Crippen LogP contribution in [0.1, 0.15) is 26.7 Å². The van der Waals surface area contributed by atoms with Crippen LogP contribution < -0.4 is 10.2 Å². The van der Waals surface area contributed by atoms with Gasteiger partial charge in [0, 0.05) is 57.7 Å². The number of thiophene rings is 1. The number of rotatable bonds is 9. The lowest BCUT2D eigenvalue weighted by Crippen LogP contribution is -2.45. The number of amides is 1. The van der Waals surface area contributed by atoms with Gasteiger partial charge in [-0.2, -0.15) is 21.3 Å². The molecule has 36 heavy (non-hydrogen) atoms. The molecule has 2 fully saturated rings. The van der Waals surface area contributed by atoms with Crippen molar-refractivity contribution in [3.05, 3.63) is 23.2 Å². The van der Waals surface area contributed by atoms with Crippen LogP contribution >= 0.6 is 11.3 Å². The highest BCUT2D eigenvalue weighted by Crippen LogP contribution is 2.28. The maximum absolute atomic E-state index is 13.1. The van der Waals surface area contributed by atoms with Gasteiger partial charge in [-0.3, -0.25) is 14.3 Å². The maximum atomic E-state index is 13.1. The van der Waals surface area contributed by atoms with Crippen molar-refractivity contribution in [1.82, 2.24) is 29.3 Å². The highest BCUT2D eigenvalue weighted by Gasteiger charge is 2.30. The normalized spacial score (nSPS) is 19.1. The number of imidazole rings is 1. The standard InChI is InChI=1S/C25H36N8O2S/c1-3-31(4-2)24(34)19-6-5-9-32(16-19)25-28-22(26-8-10-30-11-13-35-14-12-30)21-23(29-25)33(18-27-21)20-7-15-36-17-20/h7,15,17-19H,3-6,8-14,16H2,1-2H3,(H,26,28,29). The molecule has 1 unspecified atom stereocenters. The number of hydrogen-bond acceptors (Lipinski definition) is 9. The largest absolute Gasteiger partial charge is 0.379 e. The number of ether oxygens (including phenoxy) is 1. The number of aromatic nitrogens is 4. The van der Waals surface area contributed by atoms with Gasteiger partial charge >= 0.3 is 0 Å². The Labute approximate surface area is 216 Å². The van der Waals surface area contributed by atoms with Crippen LogP contribution in [0.25, 0.3) is 16.9 Å². The number of morpholine rings is 1. The summed E-state index contributed by atoms with van der Waals surface area (Å²) in [4.78, 5) is 34.2. The minimum Gasteiger partial charge on any atom is -0.379 e. The molecule has 1 atom stereocenters. The fourth-order valence-corrected chi connectivity index (χ4v) is 5.68. The molecule has 2 saturated heterocycles. The van der Waals surface area contributed by atoms with E-state index in [1.807, 2.05) is 29.6 Å². The minimum atomic E-state index is -0.0301. The molecule has 0 aromatic carbocycles. The first kappa shape index (κ1) is 24.9. The average Bonchev–Trinajstić information content (AvgIpc) is 3.60. The summed E-state index contributed by atoms with van der Waals surface area (Å²) in [5.74, 6) is 1.61. The molecule has 3 aromatic rings. The van der Waals surface area contributed by atoms with Crippen molar-refractivity contribution < 1.29 is 9.53 Å². The predicted octanol–water partition coefficient (Wildman–Crippen LogP) is 2.71. The Kier molecular flexibility index (Phi) is 7.98. The summed E-state index contributed by atoms with van der Waals surface area (Å²) >= 11 is 1.65. The van der Waals surface area contributed by atoms with E-state index >= 15 is 0 Å². The van der Waals surface area contributed by atoms with E-state index in [9.17, 15) is 4.79 Å². The SMILES string of the molecule is CCN(CC)C(=O)C1CCCN(c2nc(NCCN3CCOCC3)c3ncn(-c4ccsc4)c3n2)C1. The number of hydrogen-bond donors (Lipinski definition) is 1. The molecule has 5 heterocycles. The second-order valence-electron chi connectivity index (χ2n) is 9.32. The summed E-state index contributed by atoms with van der Waals surface area (Å²) in [6.45, 7) is 12.2. The fourth-order valence-electron chi connectivity index (χ4n) is 5.05. The predicted molar refractivity (Wildman–Crippen MR) is 143 cm³/mol. The van der Waals surface area contributed by atoms with Crippen molar-refractivity contribution in [2.45, 2.75) is 26.7 Å². The number of carbonyl (C=O) groups excluding carboxylic acids is 1. The van der Waals surface area contributed by atoms with Crippen molar-refractivity contribution in [1.29, 1.82) is 0 Å². The van der Waals surface area contributed by atoms with Gasteiger partial charge in [-0.05, 0) is 38.1 Å². The molecule has 194 valence electrons. The van der Waals surface area contributed by atoms with Gasteiger partial charge in [0.15, 0.2) is 17.0 Å². The van der Waals surface area contributed by atoms with E-state index in [0.29, 0.717) is 12.5 Å². The van der Waals surface area contributed by atoms with Crippen LogP contribution in [0.3, 0.4) is 0 Å². The number of piperidine rings is 1. The van der Waals surface area contributed by atoms with E-state index in [1.54, 1.807) is 11.3 Å². The van der Waals surface area contributed by atoms with Crippen molar-refractivity contribution >= 4 is 40.2 Å². The van der Waals surface area contributed by atoms with Crippen molar-refractivity contribution in [3.63, 3.8) is 0 Å². The zero-order valence-corrected chi connectivity index (χ0v) is 22.0. The van der Waals surface area contributed by atoms with Gasteiger partial charge in [0.25, 0.3) is 0 Å². The Bertz CT molecular complexity index is 1140.